The van der Waals surface area contributed by atoms with Crippen molar-refractivity contribution in [3.05, 3.63) is 28.2 Å². The fourth-order valence-electron chi connectivity index (χ4n) is 3.04. The molecule has 116 valence electrons. The summed E-state index contributed by atoms with van der Waals surface area (Å²) in [5.41, 5.74) is 0.773. The molecule has 2 aliphatic rings. The second-order valence-electron chi connectivity index (χ2n) is 6.10. The number of hydrogen-bond acceptors (Lipinski definition) is 2. The highest BCUT2D eigenvalue weighted by molar-refractivity contribution is 9.10. The first kappa shape index (κ1) is 15.2. The van der Waals surface area contributed by atoms with Gasteiger partial charge in [-0.05, 0) is 68.2 Å². The third kappa shape index (κ3) is 4.39. The van der Waals surface area contributed by atoms with E-state index in [1.165, 1.54) is 25.7 Å². The van der Waals surface area contributed by atoms with Crippen molar-refractivity contribution in [1.29, 1.82) is 0 Å². The number of benzene rings is 1. The van der Waals surface area contributed by atoms with Crippen LogP contribution in [-0.4, -0.2) is 13.2 Å². The highest BCUT2D eigenvalue weighted by Crippen LogP contribution is 2.48. The van der Waals surface area contributed by atoms with Crippen LogP contribution in [0.2, 0.25) is 0 Å². The molecule has 1 aromatic rings. The van der Waals surface area contributed by atoms with Gasteiger partial charge in [-0.25, -0.2) is 0 Å². The van der Waals surface area contributed by atoms with E-state index in [1.54, 1.807) is 12.1 Å². The second-order valence-corrected chi connectivity index (χ2v) is 7.02. The Kier molecular flexibility index (Phi) is 4.79. The molecule has 5 heteroatoms. The summed E-state index contributed by atoms with van der Waals surface area (Å²) in [6.07, 6.45) is 5.44. The van der Waals surface area contributed by atoms with E-state index < -0.39 is 6.61 Å². The summed E-state index contributed by atoms with van der Waals surface area (Å²) >= 11 is 3.38. The monoisotopic (exact) mass is 359 g/mol. The Labute approximate surface area is 132 Å². The van der Waals surface area contributed by atoms with Crippen molar-refractivity contribution in [2.45, 2.75) is 38.8 Å². The number of alkyl halides is 2. The van der Waals surface area contributed by atoms with Crippen molar-refractivity contribution < 1.29 is 13.5 Å². The zero-order valence-electron chi connectivity index (χ0n) is 11.8. The first-order valence-electron chi connectivity index (χ1n) is 7.57. The smallest absolute Gasteiger partial charge is 0.387 e. The molecule has 0 aliphatic heterocycles. The molecule has 2 aliphatic carbocycles. The van der Waals surface area contributed by atoms with Gasteiger partial charge in [-0.15, -0.1) is 0 Å². The van der Waals surface area contributed by atoms with Crippen LogP contribution in [-0.2, 0) is 6.54 Å². The maximum Gasteiger partial charge on any atom is 0.387 e. The van der Waals surface area contributed by atoms with Crippen LogP contribution in [0.3, 0.4) is 0 Å². The predicted molar refractivity (Wildman–Crippen MR) is 81.4 cm³/mol. The van der Waals surface area contributed by atoms with Gasteiger partial charge in [-0.1, -0.05) is 15.9 Å². The van der Waals surface area contributed by atoms with Gasteiger partial charge in [0, 0.05) is 16.6 Å². The van der Waals surface area contributed by atoms with Gasteiger partial charge in [0.1, 0.15) is 5.75 Å². The van der Waals surface area contributed by atoms with Crippen molar-refractivity contribution in [1.82, 2.24) is 5.32 Å². The normalized spacial score (nSPS) is 18.5. The topological polar surface area (TPSA) is 21.3 Å². The summed E-state index contributed by atoms with van der Waals surface area (Å²) in [7, 11) is 0. The van der Waals surface area contributed by atoms with Crippen molar-refractivity contribution >= 4 is 15.9 Å². The fraction of sp³-hybridized carbons (Fsp3) is 0.625. The summed E-state index contributed by atoms with van der Waals surface area (Å²) in [6.45, 7) is -1.23. The van der Waals surface area contributed by atoms with E-state index in [4.69, 9.17) is 0 Å². The Morgan fingerprint density at radius 3 is 2.43 bits per heavy atom. The van der Waals surface area contributed by atoms with E-state index >= 15 is 0 Å². The molecule has 21 heavy (non-hydrogen) atoms. The Hall–Kier alpha value is -0.680. The molecule has 0 heterocycles. The Bertz CT molecular complexity index is 477. The molecule has 2 saturated carbocycles. The van der Waals surface area contributed by atoms with Crippen molar-refractivity contribution in [2.24, 2.45) is 17.8 Å². The molecule has 0 bridgehead atoms. The van der Waals surface area contributed by atoms with Gasteiger partial charge in [-0.2, -0.15) is 8.78 Å². The lowest BCUT2D eigenvalue weighted by atomic mass is 9.98. The summed E-state index contributed by atoms with van der Waals surface area (Å²) in [5.74, 6) is 2.82. The first-order chi connectivity index (χ1) is 10.1. The lowest BCUT2D eigenvalue weighted by Crippen LogP contribution is -2.25. The van der Waals surface area contributed by atoms with Gasteiger partial charge in [-0.3, -0.25) is 0 Å². The van der Waals surface area contributed by atoms with Crippen LogP contribution in [0.25, 0.3) is 0 Å². The van der Waals surface area contributed by atoms with Gasteiger partial charge in [0.05, 0.1) is 0 Å². The number of hydrogen-bond donors (Lipinski definition) is 1. The van der Waals surface area contributed by atoms with E-state index in [0.29, 0.717) is 6.54 Å². The van der Waals surface area contributed by atoms with Gasteiger partial charge >= 0.3 is 6.61 Å². The van der Waals surface area contributed by atoms with E-state index in [0.717, 1.165) is 34.3 Å². The van der Waals surface area contributed by atoms with Gasteiger partial charge in [0.25, 0.3) is 0 Å². The minimum Gasteiger partial charge on any atom is -0.434 e. The van der Waals surface area contributed by atoms with Crippen molar-refractivity contribution in [3.8, 4) is 5.75 Å². The summed E-state index contributed by atoms with van der Waals surface area (Å²) in [6, 6.07) is 5.15. The fourth-order valence-corrected chi connectivity index (χ4v) is 3.45. The molecule has 0 amide bonds. The average Bonchev–Trinajstić information content (AvgIpc) is 3.30. The zero-order chi connectivity index (χ0) is 14.8. The van der Waals surface area contributed by atoms with Gasteiger partial charge in [0.2, 0.25) is 0 Å². The van der Waals surface area contributed by atoms with Gasteiger partial charge in [0.15, 0.2) is 0 Å². The molecule has 2 nitrogen and oxygen atoms in total. The number of halogens is 3. The van der Waals surface area contributed by atoms with Crippen LogP contribution in [0.5, 0.6) is 5.75 Å². The molecule has 1 N–H and O–H groups in total. The largest absolute Gasteiger partial charge is 0.434 e. The van der Waals surface area contributed by atoms with E-state index in [-0.39, 0.29) is 5.75 Å². The molecule has 0 unspecified atom stereocenters. The third-order valence-electron chi connectivity index (χ3n) is 4.39. The molecule has 3 rings (SSSR count). The number of ether oxygens (including phenoxy) is 1. The molecule has 0 spiro atoms. The maximum absolute atomic E-state index is 12.4. The van der Waals surface area contributed by atoms with Crippen LogP contribution >= 0.6 is 15.9 Å². The highest BCUT2D eigenvalue weighted by Gasteiger charge is 2.40. The minimum absolute atomic E-state index is 0.259. The lowest BCUT2D eigenvalue weighted by molar-refractivity contribution is -0.0505. The summed E-state index contributed by atoms with van der Waals surface area (Å²) < 4.78 is 30.3. The maximum atomic E-state index is 12.4. The summed E-state index contributed by atoms with van der Waals surface area (Å²) in [5, 5.41) is 3.44. The molecule has 0 atom stereocenters. The Morgan fingerprint density at radius 1 is 1.19 bits per heavy atom. The second kappa shape index (κ2) is 6.61. The van der Waals surface area contributed by atoms with E-state index in [2.05, 4.69) is 26.0 Å². The van der Waals surface area contributed by atoms with Gasteiger partial charge < -0.3 is 10.1 Å². The molecular formula is C16H20BrF2NO. The molecule has 0 aromatic heterocycles. The quantitative estimate of drug-likeness (QED) is 0.733. The molecule has 1 aromatic carbocycles. The van der Waals surface area contributed by atoms with Crippen LogP contribution in [0.4, 0.5) is 8.78 Å². The number of rotatable bonds is 8. The minimum atomic E-state index is -2.78. The molecular weight excluding hydrogens is 340 g/mol. The van der Waals surface area contributed by atoms with Crippen LogP contribution in [0.1, 0.15) is 31.2 Å². The van der Waals surface area contributed by atoms with Crippen molar-refractivity contribution in [3.63, 3.8) is 0 Å². The molecule has 2 fully saturated rings. The van der Waals surface area contributed by atoms with Crippen LogP contribution in [0.15, 0.2) is 22.7 Å². The molecule has 0 saturated heterocycles. The number of nitrogens with one attached hydrogen (secondary N) is 1. The predicted octanol–water partition coefficient (Wildman–Crippen LogP) is 4.58. The first-order valence-corrected chi connectivity index (χ1v) is 8.36. The SMILES string of the molecule is FC(F)Oc1ccc(Br)cc1CNCC(C1CC1)C1CC1. The highest BCUT2D eigenvalue weighted by atomic mass is 79.9. The standard InChI is InChI=1S/C16H20BrF2NO/c17-13-5-6-15(21-16(18)19)12(7-13)8-20-9-14(10-1-2-10)11-3-4-11/h5-7,10-11,14,16,20H,1-4,8-9H2. The van der Waals surface area contributed by atoms with Crippen molar-refractivity contribution in [2.75, 3.05) is 6.54 Å². The van der Waals surface area contributed by atoms with Crippen LogP contribution in [0, 0.1) is 17.8 Å². The van der Waals surface area contributed by atoms with E-state index in [1.807, 2.05) is 6.07 Å². The van der Waals surface area contributed by atoms with Crippen LogP contribution < -0.4 is 10.1 Å². The van der Waals surface area contributed by atoms with E-state index in [9.17, 15) is 8.78 Å². The zero-order valence-corrected chi connectivity index (χ0v) is 13.4. The molecule has 0 radical (unpaired) electrons. The lowest BCUT2D eigenvalue weighted by Gasteiger charge is -2.17. The Morgan fingerprint density at radius 2 is 1.86 bits per heavy atom. The average molecular weight is 360 g/mol. The summed E-state index contributed by atoms with van der Waals surface area (Å²) in [4.78, 5) is 0. The Balaban J connectivity index is 1.57. The third-order valence-corrected chi connectivity index (χ3v) is 4.88.